The fourth-order valence-electron chi connectivity index (χ4n) is 4.09. The number of benzene rings is 2. The van der Waals surface area contributed by atoms with E-state index in [1.807, 2.05) is 62.4 Å². The lowest BCUT2D eigenvalue weighted by Crippen LogP contribution is -2.51. The average molecular weight is 423 g/mol. The van der Waals surface area contributed by atoms with Crippen LogP contribution in [0.5, 0.6) is 5.75 Å². The van der Waals surface area contributed by atoms with Crippen LogP contribution in [0.25, 0.3) is 0 Å². The molecule has 0 spiro atoms. The summed E-state index contributed by atoms with van der Waals surface area (Å²) in [5, 5.41) is 3.16. The van der Waals surface area contributed by atoms with E-state index in [2.05, 4.69) is 5.32 Å². The number of carbonyl (C=O) groups is 2. The third kappa shape index (κ3) is 6.84. The number of nitrogens with one attached hydrogen (secondary N) is 1. The van der Waals surface area contributed by atoms with Gasteiger partial charge in [-0.25, -0.2) is 0 Å². The Morgan fingerprint density at radius 2 is 1.71 bits per heavy atom. The van der Waals surface area contributed by atoms with E-state index < -0.39 is 6.04 Å². The van der Waals surface area contributed by atoms with E-state index in [9.17, 15) is 9.59 Å². The van der Waals surface area contributed by atoms with Gasteiger partial charge in [0.2, 0.25) is 5.91 Å². The highest BCUT2D eigenvalue weighted by Crippen LogP contribution is 2.19. The van der Waals surface area contributed by atoms with Gasteiger partial charge in [0.25, 0.3) is 5.91 Å². The highest BCUT2D eigenvalue weighted by Gasteiger charge is 2.28. The monoisotopic (exact) mass is 422 g/mol. The van der Waals surface area contributed by atoms with E-state index >= 15 is 0 Å². The molecule has 0 heterocycles. The van der Waals surface area contributed by atoms with Gasteiger partial charge in [0.05, 0.1) is 0 Å². The number of hydrogen-bond donors (Lipinski definition) is 1. The predicted octanol–water partition coefficient (Wildman–Crippen LogP) is 4.55. The van der Waals surface area contributed by atoms with E-state index in [1.54, 1.807) is 11.8 Å². The van der Waals surface area contributed by atoms with Crippen molar-refractivity contribution < 1.29 is 14.3 Å². The minimum Gasteiger partial charge on any atom is -0.484 e. The Hall–Kier alpha value is -2.82. The van der Waals surface area contributed by atoms with Gasteiger partial charge in [-0.15, -0.1) is 0 Å². The molecule has 1 aliphatic carbocycles. The third-order valence-electron chi connectivity index (χ3n) is 5.91. The molecule has 3 rings (SSSR count). The summed E-state index contributed by atoms with van der Waals surface area (Å²) >= 11 is 0. The van der Waals surface area contributed by atoms with Crippen molar-refractivity contribution >= 4 is 11.8 Å². The lowest BCUT2D eigenvalue weighted by Gasteiger charge is -2.31. The zero-order valence-electron chi connectivity index (χ0n) is 18.9. The van der Waals surface area contributed by atoms with Crippen molar-refractivity contribution in [2.45, 2.75) is 71.5 Å². The van der Waals surface area contributed by atoms with E-state index in [0.29, 0.717) is 12.3 Å². The van der Waals surface area contributed by atoms with Crippen LogP contribution in [0.15, 0.2) is 48.5 Å². The lowest BCUT2D eigenvalue weighted by molar-refractivity contribution is -0.142. The minimum absolute atomic E-state index is 0.0940. The maximum absolute atomic E-state index is 13.1. The molecule has 0 aromatic heterocycles. The van der Waals surface area contributed by atoms with Gasteiger partial charge in [0.1, 0.15) is 11.8 Å². The SMILES string of the molecule is Cc1cccc(CN(C(=O)COc2cccc(C)c2)[C@@H](C)C(=O)NC2CCCCC2)c1. The first-order valence-electron chi connectivity index (χ1n) is 11.3. The number of rotatable bonds is 8. The predicted molar refractivity (Wildman–Crippen MR) is 123 cm³/mol. The van der Waals surface area contributed by atoms with Crippen LogP contribution in [-0.4, -0.2) is 35.4 Å². The molecule has 0 unspecified atom stereocenters. The van der Waals surface area contributed by atoms with Gasteiger partial charge in [-0.2, -0.15) is 0 Å². The molecule has 0 bridgehead atoms. The van der Waals surface area contributed by atoms with Crippen LogP contribution in [-0.2, 0) is 16.1 Å². The number of amides is 2. The summed E-state index contributed by atoms with van der Waals surface area (Å²) in [4.78, 5) is 27.8. The van der Waals surface area contributed by atoms with Crippen molar-refractivity contribution in [1.29, 1.82) is 0 Å². The Kier molecular flexibility index (Phi) is 8.10. The summed E-state index contributed by atoms with van der Waals surface area (Å²) in [6.07, 6.45) is 5.56. The Balaban J connectivity index is 1.70. The van der Waals surface area contributed by atoms with Gasteiger partial charge in [-0.3, -0.25) is 9.59 Å². The van der Waals surface area contributed by atoms with Crippen molar-refractivity contribution in [2.75, 3.05) is 6.61 Å². The molecule has 2 amide bonds. The van der Waals surface area contributed by atoms with Gasteiger partial charge in [-0.1, -0.05) is 61.2 Å². The number of ether oxygens (including phenoxy) is 1. The maximum atomic E-state index is 13.1. The topological polar surface area (TPSA) is 58.6 Å². The van der Waals surface area contributed by atoms with Crippen molar-refractivity contribution in [3.05, 3.63) is 65.2 Å². The third-order valence-corrected chi connectivity index (χ3v) is 5.91. The summed E-state index contributed by atoms with van der Waals surface area (Å²) in [6.45, 7) is 6.08. The Bertz CT molecular complexity index is 890. The normalized spacial score (nSPS) is 15.2. The van der Waals surface area contributed by atoms with Crippen LogP contribution in [0.4, 0.5) is 0 Å². The molecule has 2 aromatic rings. The smallest absolute Gasteiger partial charge is 0.261 e. The summed E-state index contributed by atoms with van der Waals surface area (Å²) in [5.74, 6) is 0.362. The number of carbonyl (C=O) groups excluding carboxylic acids is 2. The lowest BCUT2D eigenvalue weighted by atomic mass is 9.95. The second-order valence-electron chi connectivity index (χ2n) is 8.64. The molecule has 0 saturated heterocycles. The molecular formula is C26H34N2O3. The minimum atomic E-state index is -0.573. The molecule has 0 aliphatic heterocycles. The van der Waals surface area contributed by atoms with Crippen LogP contribution in [0.3, 0.4) is 0 Å². The Morgan fingerprint density at radius 1 is 1.03 bits per heavy atom. The van der Waals surface area contributed by atoms with Gasteiger partial charge >= 0.3 is 0 Å². The summed E-state index contributed by atoms with van der Waals surface area (Å²) < 4.78 is 5.75. The maximum Gasteiger partial charge on any atom is 0.261 e. The van der Waals surface area contributed by atoms with Crippen molar-refractivity contribution in [1.82, 2.24) is 10.2 Å². The quantitative estimate of drug-likeness (QED) is 0.679. The van der Waals surface area contributed by atoms with Crippen LogP contribution < -0.4 is 10.1 Å². The van der Waals surface area contributed by atoms with Crippen molar-refractivity contribution in [3.8, 4) is 5.75 Å². The average Bonchev–Trinajstić information content (AvgIpc) is 2.76. The Morgan fingerprint density at radius 3 is 2.39 bits per heavy atom. The molecule has 31 heavy (non-hydrogen) atoms. The molecule has 1 saturated carbocycles. The van der Waals surface area contributed by atoms with Gasteiger partial charge < -0.3 is 15.0 Å². The van der Waals surface area contributed by atoms with Crippen LogP contribution in [0.1, 0.15) is 55.7 Å². The molecule has 0 radical (unpaired) electrons. The molecule has 166 valence electrons. The fourth-order valence-corrected chi connectivity index (χ4v) is 4.09. The first-order chi connectivity index (χ1) is 14.9. The van der Waals surface area contributed by atoms with Gasteiger partial charge in [-0.05, 0) is 56.9 Å². The molecule has 5 nitrogen and oxygen atoms in total. The van der Waals surface area contributed by atoms with Crippen molar-refractivity contribution in [2.24, 2.45) is 0 Å². The van der Waals surface area contributed by atoms with Crippen LogP contribution in [0.2, 0.25) is 0 Å². The molecule has 5 heteroatoms. The van der Waals surface area contributed by atoms with Gasteiger partial charge in [0, 0.05) is 12.6 Å². The first-order valence-corrected chi connectivity index (χ1v) is 11.3. The number of aryl methyl sites for hydroxylation is 2. The second-order valence-corrected chi connectivity index (χ2v) is 8.64. The number of nitrogens with zero attached hydrogens (tertiary/aromatic N) is 1. The molecule has 1 aliphatic rings. The van der Waals surface area contributed by atoms with E-state index in [4.69, 9.17) is 4.74 Å². The molecule has 1 fully saturated rings. The summed E-state index contributed by atoms with van der Waals surface area (Å²) in [5.41, 5.74) is 3.20. The molecule has 1 atom stereocenters. The molecule has 2 aromatic carbocycles. The zero-order chi connectivity index (χ0) is 22.2. The van der Waals surface area contributed by atoms with E-state index in [0.717, 1.165) is 42.4 Å². The van der Waals surface area contributed by atoms with Crippen molar-refractivity contribution in [3.63, 3.8) is 0 Å². The Labute approximate surface area is 185 Å². The summed E-state index contributed by atoms with van der Waals surface area (Å²) in [7, 11) is 0. The largest absolute Gasteiger partial charge is 0.484 e. The van der Waals surface area contributed by atoms with Crippen LogP contribution in [0, 0.1) is 13.8 Å². The number of hydrogen-bond acceptors (Lipinski definition) is 3. The zero-order valence-corrected chi connectivity index (χ0v) is 18.9. The fraction of sp³-hybridized carbons (Fsp3) is 0.462. The second kappa shape index (κ2) is 11.0. The molecular weight excluding hydrogens is 388 g/mol. The van der Waals surface area contributed by atoms with E-state index in [-0.39, 0.29) is 24.5 Å². The van der Waals surface area contributed by atoms with Gasteiger partial charge in [0.15, 0.2) is 6.61 Å². The van der Waals surface area contributed by atoms with Crippen LogP contribution >= 0.6 is 0 Å². The summed E-state index contributed by atoms with van der Waals surface area (Å²) in [6, 6.07) is 15.3. The molecule has 1 N–H and O–H groups in total. The highest BCUT2D eigenvalue weighted by molar-refractivity contribution is 5.88. The standard InChI is InChI=1S/C26H34N2O3/c1-19-9-7-11-22(15-19)17-28(21(3)26(30)27-23-12-5-4-6-13-23)25(29)18-31-24-14-8-10-20(2)16-24/h7-11,14-16,21,23H,4-6,12-13,17-18H2,1-3H3,(H,27,30)/t21-/m0/s1. The highest BCUT2D eigenvalue weighted by atomic mass is 16.5. The van der Waals surface area contributed by atoms with E-state index in [1.165, 1.54) is 6.42 Å². The first kappa shape index (κ1) is 22.9.